The average Bonchev–Trinajstić information content (AvgIpc) is 3.22. The first-order valence-corrected chi connectivity index (χ1v) is 9.86. The maximum absolute atomic E-state index is 13.0. The van der Waals surface area contributed by atoms with Gasteiger partial charge in [0.05, 0.1) is 10.9 Å². The number of hydrogen-bond donors (Lipinski definition) is 3. The van der Waals surface area contributed by atoms with Crippen molar-refractivity contribution < 1.29 is 14.8 Å². The molecular weight excluding hydrogens is 384 g/mol. The summed E-state index contributed by atoms with van der Waals surface area (Å²) < 4.78 is 1.06. The average molecular weight is 402 g/mol. The Kier molecular flexibility index (Phi) is 5.37. The molecule has 0 spiro atoms. The molecule has 29 heavy (non-hydrogen) atoms. The molecule has 1 heterocycles. The van der Waals surface area contributed by atoms with Crippen molar-refractivity contribution in [3.8, 4) is 0 Å². The molecule has 4 aromatic rings. The van der Waals surface area contributed by atoms with Crippen LogP contribution in [0.3, 0.4) is 0 Å². The minimum atomic E-state index is -0.581. The Hall–Kier alpha value is -3.48. The molecule has 3 N–H and O–H groups in total. The van der Waals surface area contributed by atoms with Crippen LogP contribution >= 0.6 is 11.3 Å². The van der Waals surface area contributed by atoms with E-state index in [0.29, 0.717) is 10.4 Å². The third kappa shape index (κ3) is 4.03. The highest BCUT2D eigenvalue weighted by Gasteiger charge is 2.19. The molecule has 3 aromatic carbocycles. The number of hydroxylamine groups is 1. The first kappa shape index (κ1) is 18.9. The highest BCUT2D eigenvalue weighted by molar-refractivity contribution is 7.20. The topological polar surface area (TPSA) is 78.4 Å². The SMILES string of the molecule is O=C(NO)c1ccc(C(NC(=O)c2cc3ccccc3s2)c2ccccc2)cc1. The summed E-state index contributed by atoms with van der Waals surface area (Å²) in [6.45, 7) is 0. The van der Waals surface area contributed by atoms with Crippen LogP contribution in [0.1, 0.15) is 37.2 Å². The Morgan fingerprint density at radius 1 is 0.793 bits per heavy atom. The van der Waals surface area contributed by atoms with Crippen molar-refractivity contribution in [3.63, 3.8) is 0 Å². The van der Waals surface area contributed by atoms with E-state index in [4.69, 9.17) is 5.21 Å². The number of hydrogen-bond acceptors (Lipinski definition) is 4. The van der Waals surface area contributed by atoms with Gasteiger partial charge in [-0.1, -0.05) is 60.7 Å². The molecule has 0 saturated carbocycles. The minimum Gasteiger partial charge on any atom is -0.340 e. The van der Waals surface area contributed by atoms with Crippen LogP contribution < -0.4 is 10.8 Å². The van der Waals surface area contributed by atoms with Crippen LogP contribution in [0, 0.1) is 0 Å². The Morgan fingerprint density at radius 3 is 2.14 bits per heavy atom. The maximum atomic E-state index is 13.0. The standard InChI is InChI=1S/C23H18N2O3S/c26-22(25-28)17-12-10-16(11-13-17)21(15-6-2-1-3-7-15)24-23(27)20-14-18-8-4-5-9-19(18)29-20/h1-14,21,28H,(H,24,27)(H,25,26). The van der Waals surface area contributed by atoms with Crippen molar-refractivity contribution in [2.45, 2.75) is 6.04 Å². The van der Waals surface area contributed by atoms with E-state index in [1.54, 1.807) is 29.7 Å². The van der Waals surface area contributed by atoms with Gasteiger partial charge in [-0.3, -0.25) is 14.8 Å². The van der Waals surface area contributed by atoms with Gasteiger partial charge in [0.1, 0.15) is 0 Å². The molecular formula is C23H18N2O3S. The van der Waals surface area contributed by atoms with E-state index in [1.165, 1.54) is 11.3 Å². The molecule has 0 radical (unpaired) electrons. The molecule has 6 heteroatoms. The smallest absolute Gasteiger partial charge is 0.274 e. The Labute approximate surface area is 171 Å². The summed E-state index contributed by atoms with van der Waals surface area (Å²) in [5.74, 6) is -0.737. The third-order valence-corrected chi connectivity index (χ3v) is 5.78. The fraction of sp³-hybridized carbons (Fsp3) is 0.0435. The zero-order valence-corrected chi connectivity index (χ0v) is 16.1. The molecule has 5 nitrogen and oxygen atoms in total. The van der Waals surface area contributed by atoms with Gasteiger partial charge < -0.3 is 5.32 Å². The van der Waals surface area contributed by atoms with Crippen LogP contribution in [0.5, 0.6) is 0 Å². The number of carbonyl (C=O) groups excluding carboxylic acids is 2. The molecule has 0 bridgehead atoms. The molecule has 0 aliphatic rings. The van der Waals surface area contributed by atoms with Crippen molar-refractivity contribution in [3.05, 3.63) is 106 Å². The van der Waals surface area contributed by atoms with E-state index in [0.717, 1.165) is 21.2 Å². The second-order valence-electron chi connectivity index (χ2n) is 6.53. The minimum absolute atomic E-state index is 0.155. The van der Waals surface area contributed by atoms with Gasteiger partial charge in [-0.25, -0.2) is 5.48 Å². The Morgan fingerprint density at radius 2 is 1.45 bits per heavy atom. The zero-order chi connectivity index (χ0) is 20.2. The van der Waals surface area contributed by atoms with Gasteiger partial charge in [0.15, 0.2) is 0 Å². The highest BCUT2D eigenvalue weighted by Crippen LogP contribution is 2.27. The fourth-order valence-corrected chi connectivity index (χ4v) is 4.16. The van der Waals surface area contributed by atoms with Gasteiger partial charge in [-0.05, 0) is 40.8 Å². The summed E-state index contributed by atoms with van der Waals surface area (Å²) >= 11 is 1.45. The molecule has 1 unspecified atom stereocenters. The lowest BCUT2D eigenvalue weighted by Gasteiger charge is -2.20. The van der Waals surface area contributed by atoms with Crippen LogP contribution in [-0.2, 0) is 0 Å². The first-order valence-electron chi connectivity index (χ1n) is 9.04. The van der Waals surface area contributed by atoms with Gasteiger partial charge >= 0.3 is 0 Å². The van der Waals surface area contributed by atoms with Crippen LogP contribution in [0.25, 0.3) is 10.1 Å². The third-order valence-electron chi connectivity index (χ3n) is 4.67. The second kappa shape index (κ2) is 8.26. The molecule has 1 aromatic heterocycles. The van der Waals surface area contributed by atoms with E-state index < -0.39 is 5.91 Å². The van der Waals surface area contributed by atoms with Gasteiger partial charge in [-0.2, -0.15) is 0 Å². The monoisotopic (exact) mass is 402 g/mol. The van der Waals surface area contributed by atoms with Crippen molar-refractivity contribution in [1.29, 1.82) is 0 Å². The van der Waals surface area contributed by atoms with E-state index in [1.807, 2.05) is 60.7 Å². The Balaban J connectivity index is 1.65. The molecule has 4 rings (SSSR count). The van der Waals surface area contributed by atoms with E-state index in [-0.39, 0.29) is 11.9 Å². The lowest BCUT2D eigenvalue weighted by Crippen LogP contribution is -2.28. The normalized spacial score (nSPS) is 11.8. The number of benzene rings is 3. The van der Waals surface area contributed by atoms with Crippen LogP contribution in [0.2, 0.25) is 0 Å². The number of rotatable bonds is 5. The predicted molar refractivity (Wildman–Crippen MR) is 113 cm³/mol. The van der Waals surface area contributed by atoms with Gasteiger partial charge in [0.2, 0.25) is 0 Å². The first-order chi connectivity index (χ1) is 14.2. The lowest BCUT2D eigenvalue weighted by atomic mass is 9.97. The fourth-order valence-electron chi connectivity index (χ4n) is 3.19. The summed E-state index contributed by atoms with van der Waals surface area (Å²) in [5.41, 5.74) is 3.72. The number of nitrogens with one attached hydrogen (secondary N) is 2. The maximum Gasteiger partial charge on any atom is 0.274 e. The molecule has 0 aliphatic carbocycles. The van der Waals surface area contributed by atoms with Crippen molar-refractivity contribution in [2.75, 3.05) is 0 Å². The summed E-state index contributed by atoms with van der Waals surface area (Å²) in [5, 5.41) is 12.9. The van der Waals surface area contributed by atoms with Crippen molar-refractivity contribution in [2.24, 2.45) is 0 Å². The highest BCUT2D eigenvalue weighted by atomic mass is 32.1. The zero-order valence-electron chi connectivity index (χ0n) is 15.3. The lowest BCUT2D eigenvalue weighted by molar-refractivity contribution is 0.0706. The molecule has 1 atom stereocenters. The number of amides is 2. The van der Waals surface area contributed by atoms with E-state index >= 15 is 0 Å². The van der Waals surface area contributed by atoms with Gasteiger partial charge in [-0.15, -0.1) is 11.3 Å². The number of fused-ring (bicyclic) bond motifs is 1. The summed E-state index contributed by atoms with van der Waals surface area (Å²) in [6.07, 6.45) is 0. The summed E-state index contributed by atoms with van der Waals surface area (Å²) in [6, 6.07) is 25.8. The van der Waals surface area contributed by atoms with Gasteiger partial charge in [0, 0.05) is 10.3 Å². The summed E-state index contributed by atoms with van der Waals surface area (Å²) in [7, 11) is 0. The van der Waals surface area contributed by atoms with E-state index in [9.17, 15) is 9.59 Å². The quantitative estimate of drug-likeness (QED) is 0.339. The molecule has 2 amide bonds. The van der Waals surface area contributed by atoms with Crippen LogP contribution in [0.15, 0.2) is 84.9 Å². The number of thiophene rings is 1. The predicted octanol–water partition coefficient (Wildman–Crippen LogP) is 4.54. The molecule has 0 fully saturated rings. The second-order valence-corrected chi connectivity index (χ2v) is 7.61. The van der Waals surface area contributed by atoms with Crippen molar-refractivity contribution in [1.82, 2.24) is 10.8 Å². The van der Waals surface area contributed by atoms with Gasteiger partial charge in [0.25, 0.3) is 11.8 Å². The molecule has 0 aliphatic heterocycles. The van der Waals surface area contributed by atoms with Crippen molar-refractivity contribution >= 4 is 33.2 Å². The summed E-state index contributed by atoms with van der Waals surface area (Å²) in [4.78, 5) is 25.2. The largest absolute Gasteiger partial charge is 0.340 e. The number of carbonyl (C=O) groups is 2. The molecule has 0 saturated heterocycles. The Bertz CT molecular complexity index is 1120. The van der Waals surface area contributed by atoms with Crippen LogP contribution in [0.4, 0.5) is 0 Å². The van der Waals surface area contributed by atoms with Crippen LogP contribution in [-0.4, -0.2) is 17.0 Å². The molecule has 144 valence electrons. The van der Waals surface area contributed by atoms with E-state index in [2.05, 4.69) is 5.32 Å².